The largest absolute Gasteiger partial charge is 0.497 e. The van der Waals surface area contributed by atoms with Crippen molar-refractivity contribution in [2.45, 2.75) is 30.7 Å². The Morgan fingerprint density at radius 1 is 1.03 bits per heavy atom. The van der Waals surface area contributed by atoms with Gasteiger partial charge in [-0.3, -0.25) is 9.59 Å². The van der Waals surface area contributed by atoms with E-state index in [1.165, 1.54) is 32.2 Å². The minimum Gasteiger partial charge on any atom is -0.497 e. The summed E-state index contributed by atoms with van der Waals surface area (Å²) in [5.74, 6) is 0.263. The Balaban J connectivity index is 1.59. The molecule has 1 saturated heterocycles. The highest BCUT2D eigenvalue weighted by Crippen LogP contribution is 2.20. The second-order valence-corrected chi connectivity index (χ2v) is 8.70. The highest BCUT2D eigenvalue weighted by atomic mass is 32.2. The molecule has 0 aliphatic carbocycles. The summed E-state index contributed by atoms with van der Waals surface area (Å²) in [6.45, 7) is 2.14. The first-order valence-corrected chi connectivity index (χ1v) is 11.0. The predicted molar refractivity (Wildman–Crippen MR) is 110 cm³/mol. The maximum Gasteiger partial charge on any atom is 0.308 e. The smallest absolute Gasteiger partial charge is 0.308 e. The molecule has 9 heteroatoms. The number of nitrogens with zero attached hydrogens (tertiary/aromatic N) is 1. The van der Waals surface area contributed by atoms with Crippen LogP contribution in [0.25, 0.3) is 0 Å². The summed E-state index contributed by atoms with van der Waals surface area (Å²) in [6.07, 6.45) is 1.01. The fourth-order valence-corrected chi connectivity index (χ4v) is 4.59. The van der Waals surface area contributed by atoms with Crippen LogP contribution in [0.1, 0.15) is 30.1 Å². The first-order valence-electron chi connectivity index (χ1n) is 9.52. The van der Waals surface area contributed by atoms with Crippen molar-refractivity contribution < 1.29 is 27.5 Å². The first kappa shape index (κ1) is 21.8. The molecule has 0 unspecified atom stereocenters. The van der Waals surface area contributed by atoms with Gasteiger partial charge in [-0.2, -0.15) is 0 Å². The van der Waals surface area contributed by atoms with Crippen molar-refractivity contribution in [3.63, 3.8) is 0 Å². The zero-order valence-corrected chi connectivity index (χ0v) is 17.6. The van der Waals surface area contributed by atoms with E-state index < -0.39 is 16.0 Å². The van der Waals surface area contributed by atoms with Crippen LogP contribution in [0.4, 0.5) is 0 Å². The van der Waals surface area contributed by atoms with Crippen LogP contribution in [-0.2, 0) is 14.8 Å². The Hall–Kier alpha value is -2.91. The first-order chi connectivity index (χ1) is 14.3. The topological polar surface area (TPSA) is 102 Å². The van der Waals surface area contributed by atoms with E-state index >= 15 is 0 Å². The van der Waals surface area contributed by atoms with Crippen LogP contribution in [0, 0.1) is 0 Å². The van der Waals surface area contributed by atoms with Gasteiger partial charge in [0, 0.05) is 31.6 Å². The number of methoxy groups -OCH3 is 1. The van der Waals surface area contributed by atoms with Crippen molar-refractivity contribution in [1.29, 1.82) is 0 Å². The van der Waals surface area contributed by atoms with E-state index in [1.807, 2.05) is 0 Å². The lowest BCUT2D eigenvalue weighted by Crippen LogP contribution is -2.46. The highest BCUT2D eigenvalue weighted by Gasteiger charge is 2.27. The van der Waals surface area contributed by atoms with Gasteiger partial charge in [-0.05, 0) is 55.3 Å². The number of sulfonamides is 1. The third-order valence-corrected chi connectivity index (χ3v) is 6.35. The summed E-state index contributed by atoms with van der Waals surface area (Å²) in [5, 5.41) is 0. The molecule has 0 atom stereocenters. The molecule has 30 heavy (non-hydrogen) atoms. The lowest BCUT2D eigenvalue weighted by molar-refractivity contribution is -0.131. The molecular formula is C21H24N2O6S. The van der Waals surface area contributed by atoms with Gasteiger partial charge in [0.2, 0.25) is 10.0 Å². The van der Waals surface area contributed by atoms with E-state index in [1.54, 1.807) is 35.2 Å². The van der Waals surface area contributed by atoms with Crippen LogP contribution in [0.3, 0.4) is 0 Å². The van der Waals surface area contributed by atoms with E-state index in [0.717, 1.165) is 0 Å². The number of likely N-dealkylation sites (tertiary alicyclic amines) is 1. The Bertz CT molecular complexity index is 1010. The number of hydrogen-bond acceptors (Lipinski definition) is 6. The monoisotopic (exact) mass is 432 g/mol. The summed E-state index contributed by atoms with van der Waals surface area (Å²) in [5.41, 5.74) is 0.422. The van der Waals surface area contributed by atoms with Gasteiger partial charge in [0.1, 0.15) is 11.5 Å². The number of hydrogen-bond donors (Lipinski definition) is 1. The Morgan fingerprint density at radius 3 is 2.30 bits per heavy atom. The number of piperidine rings is 1. The predicted octanol–water partition coefficient (Wildman–Crippen LogP) is 2.20. The van der Waals surface area contributed by atoms with Crippen molar-refractivity contribution in [3.05, 3.63) is 54.1 Å². The number of benzene rings is 2. The minimum absolute atomic E-state index is 0.170. The molecule has 0 spiro atoms. The van der Waals surface area contributed by atoms with Crippen molar-refractivity contribution in [3.8, 4) is 11.5 Å². The molecule has 1 heterocycles. The highest BCUT2D eigenvalue weighted by molar-refractivity contribution is 7.89. The standard InChI is InChI=1S/C21H24N2O6S/c1-15(24)29-19-5-3-4-16(14-19)21(25)23-12-10-17(11-13-23)22-30(26,27)20-8-6-18(28-2)7-9-20/h3-9,14,17,22H,10-13H2,1-2H3. The van der Waals surface area contributed by atoms with Gasteiger partial charge in [-0.1, -0.05) is 6.07 Å². The fourth-order valence-electron chi connectivity index (χ4n) is 3.28. The van der Waals surface area contributed by atoms with E-state index in [9.17, 15) is 18.0 Å². The summed E-state index contributed by atoms with van der Waals surface area (Å²) in [7, 11) is -2.13. The number of carbonyl (C=O) groups is 2. The quantitative estimate of drug-likeness (QED) is 0.555. The van der Waals surface area contributed by atoms with Gasteiger partial charge in [-0.25, -0.2) is 13.1 Å². The number of esters is 1. The number of ether oxygens (including phenoxy) is 2. The summed E-state index contributed by atoms with van der Waals surface area (Å²) >= 11 is 0. The van der Waals surface area contributed by atoms with Gasteiger partial charge < -0.3 is 14.4 Å². The summed E-state index contributed by atoms with van der Waals surface area (Å²) < 4.78 is 38.0. The van der Waals surface area contributed by atoms with E-state index in [0.29, 0.717) is 43.0 Å². The van der Waals surface area contributed by atoms with Crippen LogP contribution < -0.4 is 14.2 Å². The number of amides is 1. The lowest BCUT2D eigenvalue weighted by Gasteiger charge is -2.32. The second-order valence-electron chi connectivity index (χ2n) is 6.98. The summed E-state index contributed by atoms with van der Waals surface area (Å²) in [6, 6.07) is 12.4. The van der Waals surface area contributed by atoms with Crippen LogP contribution in [0.5, 0.6) is 11.5 Å². The molecule has 1 aliphatic rings. The normalized spacial score (nSPS) is 14.9. The minimum atomic E-state index is -3.65. The third-order valence-electron chi connectivity index (χ3n) is 4.82. The van der Waals surface area contributed by atoms with Gasteiger partial charge in [0.15, 0.2) is 0 Å². The molecule has 1 amide bonds. The number of nitrogens with one attached hydrogen (secondary N) is 1. The molecule has 0 bridgehead atoms. The van der Waals surface area contributed by atoms with Gasteiger partial charge in [-0.15, -0.1) is 0 Å². The third kappa shape index (κ3) is 5.37. The Labute approximate surface area is 175 Å². The van der Waals surface area contributed by atoms with Gasteiger partial charge in [0.25, 0.3) is 5.91 Å². The van der Waals surface area contributed by atoms with Crippen molar-refractivity contribution in [1.82, 2.24) is 9.62 Å². The van der Waals surface area contributed by atoms with E-state index in [-0.39, 0.29) is 16.8 Å². The zero-order valence-electron chi connectivity index (χ0n) is 16.8. The average Bonchev–Trinajstić information content (AvgIpc) is 2.73. The molecule has 1 N–H and O–H groups in total. The zero-order chi connectivity index (χ0) is 21.7. The molecule has 2 aromatic rings. The Kier molecular flexibility index (Phi) is 6.73. The van der Waals surface area contributed by atoms with Crippen molar-refractivity contribution >= 4 is 21.9 Å². The molecule has 1 fully saturated rings. The molecule has 0 saturated carbocycles. The Morgan fingerprint density at radius 2 is 1.70 bits per heavy atom. The molecule has 0 aromatic heterocycles. The maximum atomic E-state index is 12.7. The van der Waals surface area contributed by atoms with E-state index in [4.69, 9.17) is 9.47 Å². The number of carbonyl (C=O) groups excluding carboxylic acids is 2. The molecule has 3 rings (SSSR count). The van der Waals surface area contributed by atoms with Crippen LogP contribution in [0.2, 0.25) is 0 Å². The van der Waals surface area contributed by atoms with Crippen molar-refractivity contribution in [2.24, 2.45) is 0 Å². The van der Waals surface area contributed by atoms with Gasteiger partial charge >= 0.3 is 5.97 Å². The molecule has 1 aliphatic heterocycles. The summed E-state index contributed by atoms with van der Waals surface area (Å²) in [4.78, 5) is 25.7. The van der Waals surface area contributed by atoms with Crippen LogP contribution in [-0.4, -0.2) is 51.4 Å². The fraction of sp³-hybridized carbons (Fsp3) is 0.333. The second kappa shape index (κ2) is 9.27. The molecular weight excluding hydrogens is 408 g/mol. The lowest BCUT2D eigenvalue weighted by atomic mass is 10.0. The molecule has 160 valence electrons. The molecule has 2 aromatic carbocycles. The average molecular weight is 432 g/mol. The SMILES string of the molecule is COc1ccc(S(=O)(=O)NC2CCN(C(=O)c3cccc(OC(C)=O)c3)CC2)cc1. The molecule has 8 nitrogen and oxygen atoms in total. The number of rotatable bonds is 6. The van der Waals surface area contributed by atoms with E-state index in [2.05, 4.69) is 4.72 Å². The maximum absolute atomic E-state index is 12.7. The van der Waals surface area contributed by atoms with Gasteiger partial charge in [0.05, 0.1) is 12.0 Å². The van der Waals surface area contributed by atoms with Crippen LogP contribution in [0.15, 0.2) is 53.4 Å². The molecule has 0 radical (unpaired) electrons. The van der Waals surface area contributed by atoms with Crippen molar-refractivity contribution in [2.75, 3.05) is 20.2 Å². The van der Waals surface area contributed by atoms with Crippen LogP contribution >= 0.6 is 0 Å².